The highest BCUT2D eigenvalue weighted by Gasteiger charge is 2.07. The molecule has 0 aliphatic heterocycles. The van der Waals surface area contributed by atoms with E-state index in [9.17, 15) is 4.79 Å². The molecule has 0 saturated heterocycles. The van der Waals surface area contributed by atoms with Crippen molar-refractivity contribution >= 4 is 44.4 Å². The minimum Gasteiger partial charge on any atom is -0.308 e. The summed E-state index contributed by atoms with van der Waals surface area (Å²) in [6, 6.07) is 11.2. The van der Waals surface area contributed by atoms with Crippen LogP contribution >= 0.6 is 22.7 Å². The Hall–Kier alpha value is -2.64. The number of carbonyl (C=O) groups excluding carboxylic acids is 1. The molecule has 2 amide bonds. The molecule has 5 nitrogen and oxygen atoms in total. The van der Waals surface area contributed by atoms with E-state index in [-0.39, 0.29) is 6.03 Å². The van der Waals surface area contributed by atoms with Crippen LogP contribution in [0.15, 0.2) is 59.6 Å². The Labute approximate surface area is 140 Å². The van der Waals surface area contributed by atoms with Crippen LogP contribution in [-0.2, 0) is 0 Å². The summed E-state index contributed by atoms with van der Waals surface area (Å²) < 4.78 is 2.00. The van der Waals surface area contributed by atoms with Crippen molar-refractivity contribution in [3.05, 3.63) is 59.6 Å². The molecule has 3 heterocycles. The number of rotatable bonds is 3. The Bertz CT molecular complexity index is 910. The quantitative estimate of drug-likeness (QED) is 0.564. The van der Waals surface area contributed by atoms with Gasteiger partial charge in [-0.2, -0.15) is 0 Å². The number of hydrogen-bond acceptors (Lipinski definition) is 4. The number of imidazole rings is 1. The first-order valence-corrected chi connectivity index (χ1v) is 8.68. The minimum atomic E-state index is -0.247. The summed E-state index contributed by atoms with van der Waals surface area (Å²) in [4.78, 5) is 17.4. The van der Waals surface area contributed by atoms with Crippen LogP contribution in [0.25, 0.3) is 16.2 Å². The van der Waals surface area contributed by atoms with E-state index in [2.05, 4.69) is 15.6 Å². The third-order valence-electron chi connectivity index (χ3n) is 3.29. The number of anilines is 2. The molecule has 0 spiro atoms. The van der Waals surface area contributed by atoms with Crippen molar-refractivity contribution in [2.24, 2.45) is 0 Å². The Morgan fingerprint density at radius 2 is 1.91 bits per heavy atom. The number of aromatic nitrogens is 2. The van der Waals surface area contributed by atoms with Crippen LogP contribution in [0, 0.1) is 0 Å². The van der Waals surface area contributed by atoms with E-state index in [4.69, 9.17) is 0 Å². The van der Waals surface area contributed by atoms with Gasteiger partial charge in [0.25, 0.3) is 0 Å². The maximum atomic E-state index is 11.9. The molecular weight excluding hydrogens is 328 g/mol. The van der Waals surface area contributed by atoms with Crippen molar-refractivity contribution in [1.82, 2.24) is 9.38 Å². The minimum absolute atomic E-state index is 0.247. The monoisotopic (exact) mass is 340 g/mol. The zero-order chi connectivity index (χ0) is 15.6. The van der Waals surface area contributed by atoms with E-state index in [1.165, 1.54) is 11.3 Å². The van der Waals surface area contributed by atoms with Crippen molar-refractivity contribution in [3.63, 3.8) is 0 Å². The van der Waals surface area contributed by atoms with Gasteiger partial charge in [-0.25, -0.2) is 9.78 Å². The van der Waals surface area contributed by atoms with Crippen LogP contribution in [0.5, 0.6) is 0 Å². The highest BCUT2D eigenvalue weighted by atomic mass is 32.1. The summed E-state index contributed by atoms with van der Waals surface area (Å²) in [7, 11) is 0. The fourth-order valence-corrected chi connectivity index (χ4v) is 3.53. The van der Waals surface area contributed by atoms with Gasteiger partial charge in [-0.05, 0) is 29.6 Å². The summed E-state index contributed by atoms with van der Waals surface area (Å²) in [5, 5.41) is 10.3. The average molecular weight is 340 g/mol. The van der Waals surface area contributed by atoms with Crippen LogP contribution < -0.4 is 10.6 Å². The number of hydrogen-bond donors (Lipinski definition) is 2. The summed E-state index contributed by atoms with van der Waals surface area (Å²) >= 11 is 3.09. The van der Waals surface area contributed by atoms with E-state index in [0.717, 1.165) is 26.9 Å². The zero-order valence-corrected chi connectivity index (χ0v) is 13.5. The number of thiophene rings is 1. The summed E-state index contributed by atoms with van der Waals surface area (Å²) in [5.74, 6) is 0. The molecule has 0 aliphatic carbocycles. The Morgan fingerprint density at radius 3 is 2.65 bits per heavy atom. The number of carbonyl (C=O) groups is 1. The van der Waals surface area contributed by atoms with E-state index >= 15 is 0 Å². The molecule has 0 atom stereocenters. The standard InChI is InChI=1S/C16H12N4OS2/c21-15(19-14-2-1-8-22-14)17-12-5-3-11(4-6-12)13-10-20-7-9-23-16(20)18-13/h1-10H,(H2,17,19,21). The third-order valence-corrected chi connectivity index (χ3v) is 4.85. The molecular formula is C16H12N4OS2. The summed E-state index contributed by atoms with van der Waals surface area (Å²) in [6.07, 6.45) is 3.99. The van der Waals surface area contributed by atoms with Crippen molar-refractivity contribution in [3.8, 4) is 11.3 Å². The molecule has 2 N–H and O–H groups in total. The van der Waals surface area contributed by atoms with E-state index < -0.39 is 0 Å². The number of nitrogens with zero attached hydrogens (tertiary/aromatic N) is 2. The molecule has 0 bridgehead atoms. The number of thiazole rings is 1. The van der Waals surface area contributed by atoms with Gasteiger partial charge in [-0.3, -0.25) is 9.72 Å². The topological polar surface area (TPSA) is 58.4 Å². The lowest BCUT2D eigenvalue weighted by Crippen LogP contribution is -2.18. The van der Waals surface area contributed by atoms with Gasteiger partial charge in [0, 0.05) is 29.0 Å². The van der Waals surface area contributed by atoms with Crippen LogP contribution in [0.2, 0.25) is 0 Å². The van der Waals surface area contributed by atoms with Gasteiger partial charge >= 0.3 is 6.03 Å². The molecule has 0 radical (unpaired) electrons. The average Bonchev–Trinajstić information content (AvgIpc) is 3.24. The second kappa shape index (κ2) is 5.86. The molecule has 7 heteroatoms. The van der Waals surface area contributed by atoms with Gasteiger partial charge in [0.2, 0.25) is 0 Å². The van der Waals surface area contributed by atoms with Gasteiger partial charge < -0.3 is 5.32 Å². The molecule has 3 aromatic heterocycles. The molecule has 23 heavy (non-hydrogen) atoms. The van der Waals surface area contributed by atoms with Crippen molar-refractivity contribution in [2.45, 2.75) is 0 Å². The van der Waals surface area contributed by atoms with Crippen molar-refractivity contribution < 1.29 is 4.79 Å². The van der Waals surface area contributed by atoms with E-state index in [1.807, 2.05) is 64.0 Å². The predicted octanol–water partition coefficient (Wildman–Crippen LogP) is 4.77. The van der Waals surface area contributed by atoms with Crippen molar-refractivity contribution in [1.29, 1.82) is 0 Å². The highest BCUT2D eigenvalue weighted by molar-refractivity contribution is 7.15. The Kier molecular flexibility index (Phi) is 3.57. The van der Waals surface area contributed by atoms with Gasteiger partial charge in [0.15, 0.2) is 4.96 Å². The number of benzene rings is 1. The molecule has 1 aromatic carbocycles. The molecule has 0 aliphatic rings. The van der Waals surface area contributed by atoms with Crippen LogP contribution in [0.1, 0.15) is 0 Å². The third kappa shape index (κ3) is 2.96. The first-order valence-electron chi connectivity index (χ1n) is 6.92. The van der Waals surface area contributed by atoms with Crippen LogP contribution in [0.3, 0.4) is 0 Å². The summed E-state index contributed by atoms with van der Waals surface area (Å²) in [5.41, 5.74) is 2.68. The first-order chi connectivity index (χ1) is 11.3. The predicted molar refractivity (Wildman–Crippen MR) is 95.5 cm³/mol. The molecule has 0 fully saturated rings. The highest BCUT2D eigenvalue weighted by Crippen LogP contribution is 2.23. The molecule has 0 unspecified atom stereocenters. The van der Waals surface area contributed by atoms with E-state index in [0.29, 0.717) is 0 Å². The van der Waals surface area contributed by atoms with E-state index in [1.54, 1.807) is 11.3 Å². The fraction of sp³-hybridized carbons (Fsp3) is 0. The Morgan fingerprint density at radius 1 is 1.04 bits per heavy atom. The van der Waals surface area contributed by atoms with Gasteiger partial charge in [0.1, 0.15) is 0 Å². The smallest absolute Gasteiger partial charge is 0.308 e. The first kappa shape index (κ1) is 14.0. The summed E-state index contributed by atoms with van der Waals surface area (Å²) in [6.45, 7) is 0. The lowest BCUT2D eigenvalue weighted by atomic mass is 10.1. The second-order valence-corrected chi connectivity index (χ2v) is 6.67. The maximum Gasteiger partial charge on any atom is 0.324 e. The largest absolute Gasteiger partial charge is 0.324 e. The normalized spacial score (nSPS) is 10.8. The molecule has 4 aromatic rings. The molecule has 114 valence electrons. The number of fused-ring (bicyclic) bond motifs is 1. The van der Waals surface area contributed by atoms with Crippen molar-refractivity contribution in [2.75, 3.05) is 10.6 Å². The fourth-order valence-electron chi connectivity index (χ4n) is 2.21. The number of amides is 2. The van der Waals surface area contributed by atoms with Crippen LogP contribution in [0.4, 0.5) is 15.5 Å². The molecule has 4 rings (SSSR count). The lowest BCUT2D eigenvalue weighted by molar-refractivity contribution is 0.262. The van der Waals surface area contributed by atoms with Gasteiger partial charge in [-0.1, -0.05) is 12.1 Å². The number of nitrogens with one attached hydrogen (secondary N) is 2. The molecule has 0 saturated carbocycles. The second-order valence-electron chi connectivity index (χ2n) is 4.85. The SMILES string of the molecule is O=C(Nc1ccc(-c2cn3ccsc3n2)cc1)Nc1cccs1. The van der Waals surface area contributed by atoms with Gasteiger partial charge in [-0.15, -0.1) is 22.7 Å². The van der Waals surface area contributed by atoms with Gasteiger partial charge in [0.05, 0.1) is 10.7 Å². The maximum absolute atomic E-state index is 11.9. The lowest BCUT2D eigenvalue weighted by Gasteiger charge is -2.06. The Balaban J connectivity index is 1.47. The van der Waals surface area contributed by atoms with Crippen LogP contribution in [-0.4, -0.2) is 15.4 Å². The number of urea groups is 1. The zero-order valence-electron chi connectivity index (χ0n) is 11.9.